The fourth-order valence-electron chi connectivity index (χ4n) is 2.63. The zero-order valence-electron chi connectivity index (χ0n) is 13.6. The summed E-state index contributed by atoms with van der Waals surface area (Å²) in [6.45, 7) is 8.41. The molecule has 2 rings (SSSR count). The maximum Gasteiger partial charge on any atom is 0.269 e. The Bertz CT molecular complexity index is 542. The third kappa shape index (κ3) is 4.29. The van der Waals surface area contributed by atoms with Crippen molar-refractivity contribution < 1.29 is 9.59 Å². The van der Waals surface area contributed by atoms with Gasteiger partial charge in [-0.25, -0.2) is 0 Å². The van der Waals surface area contributed by atoms with E-state index in [1.165, 1.54) is 12.6 Å². The molecule has 5 nitrogen and oxygen atoms in total. The third-order valence-electron chi connectivity index (χ3n) is 3.85. The fraction of sp³-hybridized carbons (Fsp3) is 0.588. The van der Waals surface area contributed by atoms with Crippen molar-refractivity contribution in [1.29, 1.82) is 0 Å². The van der Waals surface area contributed by atoms with E-state index < -0.39 is 0 Å². The van der Waals surface area contributed by atoms with Gasteiger partial charge >= 0.3 is 0 Å². The van der Waals surface area contributed by atoms with Crippen LogP contribution in [0.25, 0.3) is 0 Å². The number of hydrogen-bond acceptors (Lipinski definition) is 3. The van der Waals surface area contributed by atoms with E-state index in [0.717, 1.165) is 19.5 Å². The van der Waals surface area contributed by atoms with Gasteiger partial charge < -0.3 is 10.2 Å². The molecule has 1 aromatic rings. The van der Waals surface area contributed by atoms with Crippen molar-refractivity contribution in [3.05, 3.63) is 29.6 Å². The summed E-state index contributed by atoms with van der Waals surface area (Å²) in [6.07, 6.45) is 3.74. The summed E-state index contributed by atoms with van der Waals surface area (Å²) in [5.41, 5.74) is 0.843. The van der Waals surface area contributed by atoms with Gasteiger partial charge in [0.2, 0.25) is 0 Å². The van der Waals surface area contributed by atoms with Gasteiger partial charge in [-0.05, 0) is 36.8 Å². The van der Waals surface area contributed by atoms with Crippen molar-refractivity contribution in [2.75, 3.05) is 19.6 Å². The molecule has 1 aromatic heterocycles. The number of carbonyl (C=O) groups is 2. The molecular weight excluding hydrogens is 278 g/mol. The van der Waals surface area contributed by atoms with Gasteiger partial charge in [0, 0.05) is 31.4 Å². The molecule has 120 valence electrons. The van der Waals surface area contributed by atoms with Crippen LogP contribution in [-0.4, -0.2) is 41.3 Å². The Kier molecular flexibility index (Phi) is 5.52. The number of aromatic nitrogens is 1. The number of piperidine rings is 1. The highest BCUT2D eigenvalue weighted by atomic mass is 16.2. The monoisotopic (exact) mass is 303 g/mol. The second-order valence-electron chi connectivity index (χ2n) is 6.53. The van der Waals surface area contributed by atoms with Crippen LogP contribution in [0.5, 0.6) is 0 Å². The largest absolute Gasteiger partial charge is 0.350 e. The highest BCUT2D eigenvalue weighted by molar-refractivity contribution is 5.98. The van der Waals surface area contributed by atoms with E-state index in [1.54, 1.807) is 12.1 Å². The van der Waals surface area contributed by atoms with Gasteiger partial charge in [0.05, 0.1) is 0 Å². The summed E-state index contributed by atoms with van der Waals surface area (Å²) in [5.74, 6) is 0.680. The molecule has 0 radical (unpaired) electrons. The van der Waals surface area contributed by atoms with Gasteiger partial charge in [0.25, 0.3) is 11.8 Å². The van der Waals surface area contributed by atoms with Crippen molar-refractivity contribution in [1.82, 2.24) is 15.2 Å². The molecular formula is C17H25N3O2. The zero-order valence-corrected chi connectivity index (χ0v) is 13.6. The number of nitrogens with zero attached hydrogens (tertiary/aromatic N) is 2. The molecule has 1 saturated heterocycles. The van der Waals surface area contributed by atoms with Gasteiger partial charge in [-0.3, -0.25) is 14.6 Å². The Labute approximate surface area is 132 Å². The summed E-state index contributed by atoms with van der Waals surface area (Å²) < 4.78 is 0. The molecule has 2 amide bonds. The van der Waals surface area contributed by atoms with Crippen molar-refractivity contribution in [2.24, 2.45) is 11.8 Å². The van der Waals surface area contributed by atoms with E-state index in [2.05, 4.69) is 17.2 Å². The molecule has 1 atom stereocenters. The molecule has 0 bridgehead atoms. The highest BCUT2D eigenvalue weighted by Gasteiger charge is 2.22. The van der Waals surface area contributed by atoms with Crippen molar-refractivity contribution >= 4 is 11.8 Å². The van der Waals surface area contributed by atoms with E-state index in [-0.39, 0.29) is 11.8 Å². The number of amides is 2. The standard InChI is InChI=1S/C17H25N3O2/c1-12(2)10-19-16(21)15-9-14(6-7-18-15)17(22)20-8-4-5-13(3)11-20/h6-7,9,12-13H,4-5,8,10-11H2,1-3H3,(H,19,21). The van der Waals surface area contributed by atoms with Gasteiger partial charge in [0.15, 0.2) is 0 Å². The normalized spacial score (nSPS) is 18.4. The minimum Gasteiger partial charge on any atom is -0.350 e. The molecule has 1 fully saturated rings. The first-order valence-corrected chi connectivity index (χ1v) is 8.01. The fourth-order valence-corrected chi connectivity index (χ4v) is 2.63. The van der Waals surface area contributed by atoms with Crippen LogP contribution in [0.3, 0.4) is 0 Å². The van der Waals surface area contributed by atoms with Crippen LogP contribution in [0.4, 0.5) is 0 Å². The predicted octanol–water partition coefficient (Wildman–Crippen LogP) is 2.34. The summed E-state index contributed by atoms with van der Waals surface area (Å²) in [6, 6.07) is 3.28. The van der Waals surface area contributed by atoms with Crippen LogP contribution in [0, 0.1) is 11.8 Å². The topological polar surface area (TPSA) is 62.3 Å². The number of hydrogen-bond donors (Lipinski definition) is 1. The molecule has 1 N–H and O–H groups in total. The van der Waals surface area contributed by atoms with Crippen molar-refractivity contribution in [3.63, 3.8) is 0 Å². The lowest BCUT2D eigenvalue weighted by molar-refractivity contribution is 0.0683. The first kappa shape index (κ1) is 16.5. The SMILES string of the molecule is CC(C)CNC(=O)c1cc(C(=O)N2CCCC(C)C2)ccn1. The number of pyridine rings is 1. The summed E-state index contributed by atoms with van der Waals surface area (Å²) in [4.78, 5) is 30.6. The van der Waals surface area contributed by atoms with Crippen molar-refractivity contribution in [3.8, 4) is 0 Å². The quantitative estimate of drug-likeness (QED) is 0.928. The number of likely N-dealkylation sites (tertiary alicyclic amines) is 1. The minimum atomic E-state index is -0.227. The molecule has 2 heterocycles. The van der Waals surface area contributed by atoms with Gasteiger partial charge in [-0.2, -0.15) is 0 Å². The summed E-state index contributed by atoms with van der Waals surface area (Å²) in [7, 11) is 0. The Balaban J connectivity index is 2.07. The summed E-state index contributed by atoms with van der Waals surface area (Å²) >= 11 is 0. The lowest BCUT2D eigenvalue weighted by Crippen LogP contribution is -2.39. The van der Waals surface area contributed by atoms with Crippen LogP contribution in [0.1, 0.15) is 54.5 Å². The number of carbonyl (C=O) groups excluding carboxylic acids is 2. The first-order valence-electron chi connectivity index (χ1n) is 8.01. The second kappa shape index (κ2) is 7.38. The van der Waals surface area contributed by atoms with E-state index in [0.29, 0.717) is 29.6 Å². The Morgan fingerprint density at radius 3 is 2.91 bits per heavy atom. The van der Waals surface area contributed by atoms with Crippen LogP contribution >= 0.6 is 0 Å². The zero-order chi connectivity index (χ0) is 16.1. The van der Waals surface area contributed by atoms with Crippen molar-refractivity contribution in [2.45, 2.75) is 33.6 Å². The van der Waals surface area contributed by atoms with Crippen LogP contribution < -0.4 is 5.32 Å². The molecule has 5 heteroatoms. The van der Waals surface area contributed by atoms with Gasteiger partial charge in [0.1, 0.15) is 5.69 Å². The molecule has 1 aliphatic rings. The van der Waals surface area contributed by atoms with Crippen LogP contribution in [0.15, 0.2) is 18.3 Å². The average molecular weight is 303 g/mol. The van der Waals surface area contributed by atoms with Crippen LogP contribution in [-0.2, 0) is 0 Å². The Morgan fingerprint density at radius 1 is 1.45 bits per heavy atom. The lowest BCUT2D eigenvalue weighted by atomic mass is 9.99. The average Bonchev–Trinajstić information content (AvgIpc) is 2.52. The minimum absolute atomic E-state index is 0.00754. The van der Waals surface area contributed by atoms with Gasteiger partial charge in [-0.15, -0.1) is 0 Å². The maximum absolute atomic E-state index is 12.6. The molecule has 0 aliphatic carbocycles. The lowest BCUT2D eigenvalue weighted by Gasteiger charge is -2.31. The molecule has 1 unspecified atom stereocenters. The van der Waals surface area contributed by atoms with E-state index in [4.69, 9.17) is 0 Å². The number of rotatable bonds is 4. The third-order valence-corrected chi connectivity index (χ3v) is 3.85. The Hall–Kier alpha value is -1.91. The molecule has 0 spiro atoms. The maximum atomic E-state index is 12.6. The first-order chi connectivity index (χ1) is 10.5. The van der Waals surface area contributed by atoms with Gasteiger partial charge in [-0.1, -0.05) is 20.8 Å². The van der Waals surface area contributed by atoms with Crippen LogP contribution in [0.2, 0.25) is 0 Å². The Morgan fingerprint density at radius 2 is 2.23 bits per heavy atom. The highest BCUT2D eigenvalue weighted by Crippen LogP contribution is 2.18. The van der Waals surface area contributed by atoms with E-state index >= 15 is 0 Å². The van der Waals surface area contributed by atoms with E-state index in [1.807, 2.05) is 18.7 Å². The molecule has 0 aromatic carbocycles. The molecule has 22 heavy (non-hydrogen) atoms. The predicted molar refractivity (Wildman–Crippen MR) is 85.7 cm³/mol. The second-order valence-corrected chi connectivity index (χ2v) is 6.53. The summed E-state index contributed by atoms with van der Waals surface area (Å²) in [5, 5.41) is 2.82. The number of nitrogens with one attached hydrogen (secondary N) is 1. The molecule has 0 saturated carbocycles. The molecule has 1 aliphatic heterocycles. The van der Waals surface area contributed by atoms with E-state index in [9.17, 15) is 9.59 Å². The smallest absolute Gasteiger partial charge is 0.269 e.